The standard InChI is InChI=1S/C9H7ClN2O/c1-12-8(13)3-2-6-4-7(10)5-11-9(6)12/h2-5H,1H3. The maximum Gasteiger partial charge on any atom is 0.251 e. The summed E-state index contributed by atoms with van der Waals surface area (Å²) in [4.78, 5) is 15.3. The quantitative estimate of drug-likeness (QED) is 0.639. The average Bonchev–Trinajstić information content (AvgIpc) is 2.12. The van der Waals surface area contributed by atoms with Crippen LogP contribution in [0.15, 0.2) is 29.2 Å². The van der Waals surface area contributed by atoms with E-state index in [1.54, 1.807) is 19.2 Å². The van der Waals surface area contributed by atoms with Crippen molar-refractivity contribution in [1.29, 1.82) is 0 Å². The number of halogens is 1. The topological polar surface area (TPSA) is 34.9 Å². The van der Waals surface area contributed by atoms with Crippen molar-refractivity contribution in [3.63, 3.8) is 0 Å². The second kappa shape index (κ2) is 2.85. The molecule has 2 rings (SSSR count). The molecule has 66 valence electrons. The van der Waals surface area contributed by atoms with Crippen molar-refractivity contribution in [2.45, 2.75) is 0 Å². The van der Waals surface area contributed by atoms with Crippen molar-refractivity contribution < 1.29 is 0 Å². The van der Waals surface area contributed by atoms with Crippen LogP contribution < -0.4 is 5.56 Å². The van der Waals surface area contributed by atoms with Crippen molar-refractivity contribution >= 4 is 22.6 Å². The van der Waals surface area contributed by atoms with Gasteiger partial charge < -0.3 is 0 Å². The Morgan fingerprint density at radius 2 is 2.23 bits per heavy atom. The first-order valence-corrected chi connectivity index (χ1v) is 4.17. The number of aromatic nitrogens is 2. The summed E-state index contributed by atoms with van der Waals surface area (Å²) < 4.78 is 1.49. The summed E-state index contributed by atoms with van der Waals surface area (Å²) in [6, 6.07) is 5.00. The molecule has 0 aliphatic heterocycles. The van der Waals surface area contributed by atoms with Gasteiger partial charge in [-0.1, -0.05) is 11.6 Å². The summed E-state index contributed by atoms with van der Waals surface area (Å²) in [5.41, 5.74) is 0.583. The Balaban J connectivity index is 2.95. The summed E-state index contributed by atoms with van der Waals surface area (Å²) >= 11 is 5.76. The van der Waals surface area contributed by atoms with Gasteiger partial charge in [0.15, 0.2) is 0 Å². The molecule has 0 bridgehead atoms. The largest absolute Gasteiger partial charge is 0.296 e. The molecule has 0 amide bonds. The van der Waals surface area contributed by atoms with Crippen LogP contribution in [-0.4, -0.2) is 9.55 Å². The zero-order valence-corrected chi connectivity index (χ0v) is 7.75. The second-order valence-electron chi connectivity index (χ2n) is 2.80. The molecular formula is C9H7ClN2O. The highest BCUT2D eigenvalue weighted by atomic mass is 35.5. The SMILES string of the molecule is Cn1c(=O)ccc2cc(Cl)cnc21. The predicted octanol–water partition coefficient (Wildman–Crippen LogP) is 1.59. The number of aryl methyl sites for hydroxylation is 1. The molecular weight excluding hydrogens is 188 g/mol. The predicted molar refractivity (Wildman–Crippen MR) is 52.0 cm³/mol. The van der Waals surface area contributed by atoms with Crippen LogP contribution in [0.3, 0.4) is 0 Å². The third-order valence-electron chi connectivity index (χ3n) is 1.92. The van der Waals surface area contributed by atoms with Crippen molar-refractivity contribution in [3.8, 4) is 0 Å². The van der Waals surface area contributed by atoms with Crippen LogP contribution in [0.25, 0.3) is 11.0 Å². The molecule has 2 aromatic heterocycles. The summed E-state index contributed by atoms with van der Waals surface area (Å²) in [7, 11) is 1.69. The summed E-state index contributed by atoms with van der Waals surface area (Å²) in [5, 5.41) is 1.45. The van der Waals surface area contributed by atoms with Crippen LogP contribution >= 0.6 is 11.6 Å². The molecule has 2 aromatic rings. The summed E-state index contributed by atoms with van der Waals surface area (Å²) in [6.45, 7) is 0. The van der Waals surface area contributed by atoms with Gasteiger partial charge in [-0.3, -0.25) is 9.36 Å². The minimum atomic E-state index is -0.0673. The molecule has 0 saturated carbocycles. The Morgan fingerprint density at radius 1 is 1.46 bits per heavy atom. The lowest BCUT2D eigenvalue weighted by Crippen LogP contribution is -2.15. The highest BCUT2D eigenvalue weighted by Gasteiger charge is 1.99. The number of rotatable bonds is 0. The number of hydrogen-bond acceptors (Lipinski definition) is 2. The monoisotopic (exact) mass is 194 g/mol. The van der Waals surface area contributed by atoms with E-state index in [0.717, 1.165) is 5.39 Å². The molecule has 13 heavy (non-hydrogen) atoms. The van der Waals surface area contributed by atoms with Crippen LogP contribution in [-0.2, 0) is 7.05 Å². The van der Waals surface area contributed by atoms with E-state index in [2.05, 4.69) is 4.98 Å². The fourth-order valence-corrected chi connectivity index (χ4v) is 1.39. The second-order valence-corrected chi connectivity index (χ2v) is 3.23. The van der Waals surface area contributed by atoms with Crippen LogP contribution in [0.5, 0.6) is 0 Å². The minimum Gasteiger partial charge on any atom is -0.296 e. The van der Waals surface area contributed by atoms with Gasteiger partial charge in [0.2, 0.25) is 0 Å². The van der Waals surface area contributed by atoms with Gasteiger partial charge in [0.1, 0.15) is 5.65 Å². The molecule has 0 aliphatic rings. The molecule has 2 heterocycles. The zero-order valence-electron chi connectivity index (χ0n) is 6.99. The highest BCUT2D eigenvalue weighted by molar-refractivity contribution is 6.31. The van der Waals surface area contributed by atoms with Crippen molar-refractivity contribution in [2.75, 3.05) is 0 Å². The van der Waals surface area contributed by atoms with E-state index in [9.17, 15) is 4.79 Å². The van der Waals surface area contributed by atoms with E-state index in [4.69, 9.17) is 11.6 Å². The van der Waals surface area contributed by atoms with Gasteiger partial charge in [0.05, 0.1) is 5.02 Å². The average molecular weight is 195 g/mol. The molecule has 0 saturated heterocycles. The van der Waals surface area contributed by atoms with Gasteiger partial charge in [0, 0.05) is 24.7 Å². The summed E-state index contributed by atoms with van der Waals surface area (Å²) in [6.07, 6.45) is 1.53. The maximum absolute atomic E-state index is 11.2. The van der Waals surface area contributed by atoms with E-state index < -0.39 is 0 Å². The number of hydrogen-bond donors (Lipinski definition) is 0. The molecule has 0 unspecified atom stereocenters. The number of nitrogens with zero attached hydrogens (tertiary/aromatic N) is 2. The minimum absolute atomic E-state index is 0.0673. The third-order valence-corrected chi connectivity index (χ3v) is 2.12. The first kappa shape index (κ1) is 8.26. The molecule has 0 atom stereocenters. The van der Waals surface area contributed by atoms with Gasteiger partial charge >= 0.3 is 0 Å². The van der Waals surface area contributed by atoms with Gasteiger partial charge in [-0.25, -0.2) is 4.98 Å². The van der Waals surface area contributed by atoms with Crippen molar-refractivity contribution in [3.05, 3.63) is 39.8 Å². The first-order valence-electron chi connectivity index (χ1n) is 3.80. The molecule has 4 heteroatoms. The maximum atomic E-state index is 11.2. The molecule has 0 spiro atoms. The van der Waals surface area contributed by atoms with Crippen molar-refractivity contribution in [1.82, 2.24) is 9.55 Å². The summed E-state index contributed by atoms with van der Waals surface area (Å²) in [5.74, 6) is 0. The lowest BCUT2D eigenvalue weighted by atomic mass is 10.3. The van der Waals surface area contributed by atoms with Crippen molar-refractivity contribution in [2.24, 2.45) is 7.05 Å². The highest BCUT2D eigenvalue weighted by Crippen LogP contribution is 2.13. The fraction of sp³-hybridized carbons (Fsp3) is 0.111. The lowest BCUT2D eigenvalue weighted by molar-refractivity contribution is 0.888. The molecule has 0 aliphatic carbocycles. The molecule has 0 aromatic carbocycles. The van der Waals surface area contributed by atoms with Gasteiger partial charge in [-0.2, -0.15) is 0 Å². The zero-order chi connectivity index (χ0) is 9.42. The lowest BCUT2D eigenvalue weighted by Gasteiger charge is -2.02. The van der Waals surface area contributed by atoms with E-state index >= 15 is 0 Å². The van der Waals surface area contributed by atoms with Gasteiger partial charge in [-0.15, -0.1) is 0 Å². The van der Waals surface area contributed by atoms with Crippen LogP contribution in [0.1, 0.15) is 0 Å². The molecule has 0 radical (unpaired) electrons. The van der Waals surface area contributed by atoms with E-state index in [1.165, 1.54) is 16.8 Å². The fourth-order valence-electron chi connectivity index (χ4n) is 1.23. The van der Waals surface area contributed by atoms with E-state index in [1.807, 2.05) is 0 Å². The molecule has 0 fully saturated rings. The Labute approximate surface area is 79.6 Å². The Hall–Kier alpha value is -1.35. The van der Waals surface area contributed by atoms with Gasteiger partial charge in [0.25, 0.3) is 5.56 Å². The van der Waals surface area contributed by atoms with Crippen LogP contribution in [0.4, 0.5) is 0 Å². The Kier molecular flexibility index (Phi) is 1.81. The Morgan fingerprint density at radius 3 is 3.00 bits per heavy atom. The normalized spacial score (nSPS) is 10.6. The van der Waals surface area contributed by atoms with Crippen LogP contribution in [0, 0.1) is 0 Å². The number of fused-ring (bicyclic) bond motifs is 1. The first-order chi connectivity index (χ1) is 6.18. The van der Waals surface area contributed by atoms with E-state index in [0.29, 0.717) is 10.7 Å². The third kappa shape index (κ3) is 1.31. The number of pyridine rings is 2. The Bertz CT molecular complexity index is 518. The smallest absolute Gasteiger partial charge is 0.251 e. The van der Waals surface area contributed by atoms with E-state index in [-0.39, 0.29) is 5.56 Å². The molecule has 0 N–H and O–H groups in total. The van der Waals surface area contributed by atoms with Gasteiger partial charge in [-0.05, 0) is 12.1 Å². The molecule has 3 nitrogen and oxygen atoms in total. The van der Waals surface area contributed by atoms with Crippen LogP contribution in [0.2, 0.25) is 5.02 Å².